The van der Waals surface area contributed by atoms with E-state index in [1.54, 1.807) is 11.0 Å². The molecule has 0 saturated heterocycles. The Morgan fingerprint density at radius 2 is 1.09 bits per heavy atom. The smallest absolute Gasteiger partial charge is 0.0872 e. The molecule has 1 heteroatoms. The van der Waals surface area contributed by atoms with Gasteiger partial charge in [-0.05, 0) is 79.2 Å². The van der Waals surface area contributed by atoms with Gasteiger partial charge in [0.1, 0.15) is 0 Å². The first-order chi connectivity index (χ1) is 15.3. The Hall–Kier alpha value is -2.54. The molecule has 0 radical (unpaired) electrons. The SMILES string of the molecule is Cc1cc(C)c(B(C(Cc2ccccc2)=C2CCCC2)c2c(C)cc(C)cc2C)c(C)c1. The predicted molar refractivity (Wildman–Crippen MR) is 142 cm³/mol. The Labute approximate surface area is 195 Å². The summed E-state index contributed by atoms with van der Waals surface area (Å²) in [6.45, 7) is 14.1. The molecule has 1 aliphatic carbocycles. The van der Waals surface area contributed by atoms with Crippen molar-refractivity contribution in [1.29, 1.82) is 0 Å². The summed E-state index contributed by atoms with van der Waals surface area (Å²) >= 11 is 0. The molecule has 0 aromatic heterocycles. The molecule has 0 atom stereocenters. The van der Waals surface area contributed by atoms with Gasteiger partial charge in [0, 0.05) is 0 Å². The summed E-state index contributed by atoms with van der Waals surface area (Å²) in [5.41, 5.74) is 16.3. The van der Waals surface area contributed by atoms with E-state index in [9.17, 15) is 0 Å². The van der Waals surface area contributed by atoms with Crippen LogP contribution in [0.1, 0.15) is 64.6 Å². The van der Waals surface area contributed by atoms with E-state index in [-0.39, 0.29) is 0 Å². The molecular formula is C31H37B. The highest BCUT2D eigenvalue weighted by molar-refractivity contribution is 6.92. The maximum absolute atomic E-state index is 2.38. The van der Waals surface area contributed by atoms with Crippen molar-refractivity contribution < 1.29 is 0 Å². The van der Waals surface area contributed by atoms with Crippen LogP contribution in [0.3, 0.4) is 0 Å². The zero-order valence-corrected chi connectivity index (χ0v) is 20.8. The van der Waals surface area contributed by atoms with Gasteiger partial charge in [-0.25, -0.2) is 0 Å². The minimum Gasteiger partial charge on any atom is -0.0872 e. The number of aryl methyl sites for hydroxylation is 6. The molecule has 32 heavy (non-hydrogen) atoms. The Morgan fingerprint density at radius 3 is 1.53 bits per heavy atom. The van der Waals surface area contributed by atoms with Crippen molar-refractivity contribution in [3.05, 3.63) is 105 Å². The maximum Gasteiger partial charge on any atom is 0.238 e. The summed E-state index contributed by atoms with van der Waals surface area (Å²) in [6.07, 6.45) is 6.22. The van der Waals surface area contributed by atoms with Crippen LogP contribution >= 0.6 is 0 Å². The van der Waals surface area contributed by atoms with Crippen molar-refractivity contribution in [3.63, 3.8) is 0 Å². The van der Waals surface area contributed by atoms with E-state index >= 15 is 0 Å². The summed E-state index contributed by atoms with van der Waals surface area (Å²) in [7, 11) is 0. The molecule has 4 rings (SSSR count). The van der Waals surface area contributed by atoms with Crippen molar-refractivity contribution in [2.24, 2.45) is 0 Å². The van der Waals surface area contributed by atoms with E-state index < -0.39 is 0 Å². The third-order valence-corrected chi connectivity index (χ3v) is 7.30. The summed E-state index contributed by atoms with van der Waals surface area (Å²) in [6, 6.07) is 20.6. The first-order valence-corrected chi connectivity index (χ1v) is 12.3. The largest absolute Gasteiger partial charge is 0.238 e. The summed E-state index contributed by atoms with van der Waals surface area (Å²) in [5.74, 6) is 0. The van der Waals surface area contributed by atoms with Crippen molar-refractivity contribution in [2.75, 3.05) is 0 Å². The molecule has 0 nitrogen and oxygen atoms in total. The van der Waals surface area contributed by atoms with Crippen LogP contribution < -0.4 is 10.9 Å². The van der Waals surface area contributed by atoms with Crippen LogP contribution in [0.5, 0.6) is 0 Å². The highest BCUT2D eigenvalue weighted by Crippen LogP contribution is 2.31. The lowest BCUT2D eigenvalue weighted by Gasteiger charge is -2.28. The predicted octanol–water partition coefficient (Wildman–Crippen LogP) is 6.80. The second-order valence-corrected chi connectivity index (χ2v) is 10.1. The highest BCUT2D eigenvalue weighted by atomic mass is 14.2. The zero-order valence-electron chi connectivity index (χ0n) is 20.8. The van der Waals surface area contributed by atoms with Crippen LogP contribution in [0.15, 0.2) is 65.6 Å². The number of allylic oxidation sites excluding steroid dienone is 2. The zero-order chi connectivity index (χ0) is 22.8. The normalized spacial score (nSPS) is 13.5. The van der Waals surface area contributed by atoms with Crippen molar-refractivity contribution >= 4 is 17.6 Å². The molecule has 0 spiro atoms. The van der Waals surface area contributed by atoms with Gasteiger partial charge in [-0.3, -0.25) is 0 Å². The van der Waals surface area contributed by atoms with E-state index in [0.29, 0.717) is 6.71 Å². The molecular weight excluding hydrogens is 383 g/mol. The fourth-order valence-electron chi connectivity index (χ4n) is 6.16. The van der Waals surface area contributed by atoms with Crippen LogP contribution in [0.4, 0.5) is 0 Å². The average molecular weight is 420 g/mol. The van der Waals surface area contributed by atoms with E-state index in [1.807, 2.05) is 0 Å². The number of hydrogen-bond acceptors (Lipinski definition) is 0. The van der Waals surface area contributed by atoms with E-state index in [0.717, 1.165) is 6.42 Å². The number of hydrogen-bond donors (Lipinski definition) is 0. The third kappa shape index (κ3) is 4.63. The minimum atomic E-state index is 0.324. The Kier molecular flexibility index (Phi) is 6.75. The number of rotatable bonds is 5. The molecule has 1 aliphatic rings. The van der Waals surface area contributed by atoms with Crippen molar-refractivity contribution in [3.8, 4) is 0 Å². The monoisotopic (exact) mass is 420 g/mol. The maximum atomic E-state index is 2.38. The molecule has 1 fully saturated rings. The van der Waals surface area contributed by atoms with E-state index in [4.69, 9.17) is 0 Å². The Bertz CT molecular complexity index is 1040. The molecule has 0 heterocycles. The van der Waals surface area contributed by atoms with Gasteiger partial charge < -0.3 is 0 Å². The van der Waals surface area contributed by atoms with Crippen LogP contribution in [0, 0.1) is 41.5 Å². The van der Waals surface area contributed by atoms with Gasteiger partial charge in [-0.2, -0.15) is 0 Å². The van der Waals surface area contributed by atoms with E-state index in [2.05, 4.69) is 96.1 Å². The molecule has 0 bridgehead atoms. The van der Waals surface area contributed by atoms with Crippen LogP contribution in [0.25, 0.3) is 0 Å². The summed E-state index contributed by atoms with van der Waals surface area (Å²) < 4.78 is 0. The van der Waals surface area contributed by atoms with Crippen LogP contribution in [-0.4, -0.2) is 6.71 Å². The Morgan fingerprint density at radius 1 is 0.656 bits per heavy atom. The van der Waals surface area contributed by atoms with Gasteiger partial charge in [0.25, 0.3) is 0 Å². The quantitative estimate of drug-likeness (QED) is 0.398. The standard InChI is InChI=1S/C31H37B/c1-21-16-23(3)30(24(4)17-21)32(31-25(5)18-22(2)19-26(31)6)29(28-14-10-11-15-28)20-27-12-8-7-9-13-27/h7-9,12-13,16-19H,10-11,14-15,20H2,1-6H3. The van der Waals surface area contributed by atoms with Gasteiger partial charge in [-0.15, -0.1) is 0 Å². The first-order valence-electron chi connectivity index (χ1n) is 12.3. The molecule has 3 aromatic carbocycles. The number of benzene rings is 3. The molecule has 164 valence electrons. The second-order valence-electron chi connectivity index (χ2n) is 10.1. The average Bonchev–Trinajstić information content (AvgIpc) is 3.25. The highest BCUT2D eigenvalue weighted by Gasteiger charge is 2.32. The fraction of sp³-hybridized carbons (Fsp3) is 0.355. The molecule has 1 saturated carbocycles. The molecule has 0 N–H and O–H groups in total. The third-order valence-electron chi connectivity index (χ3n) is 7.30. The van der Waals surface area contributed by atoms with Crippen molar-refractivity contribution in [1.82, 2.24) is 0 Å². The lowest BCUT2D eigenvalue weighted by atomic mass is 9.32. The van der Waals surface area contributed by atoms with Gasteiger partial charge >= 0.3 is 0 Å². The van der Waals surface area contributed by atoms with Gasteiger partial charge in [0.05, 0.1) is 0 Å². The molecule has 0 unspecified atom stereocenters. The second kappa shape index (κ2) is 9.53. The molecule has 0 aliphatic heterocycles. The van der Waals surface area contributed by atoms with Crippen LogP contribution in [-0.2, 0) is 6.42 Å². The van der Waals surface area contributed by atoms with Crippen LogP contribution in [0.2, 0.25) is 0 Å². The van der Waals surface area contributed by atoms with Gasteiger partial charge in [0.15, 0.2) is 0 Å². The van der Waals surface area contributed by atoms with Gasteiger partial charge in [0.2, 0.25) is 6.71 Å². The summed E-state index contributed by atoms with van der Waals surface area (Å²) in [4.78, 5) is 0. The minimum absolute atomic E-state index is 0.324. The summed E-state index contributed by atoms with van der Waals surface area (Å²) in [5, 5.41) is 0. The Balaban J connectivity index is 2.01. The fourth-order valence-corrected chi connectivity index (χ4v) is 6.16. The lowest BCUT2D eigenvalue weighted by molar-refractivity contribution is 0.886. The first kappa shape index (κ1) is 22.7. The van der Waals surface area contributed by atoms with Gasteiger partial charge in [-0.1, -0.05) is 110 Å². The lowest BCUT2D eigenvalue weighted by Crippen LogP contribution is -2.50. The topological polar surface area (TPSA) is 0 Å². The molecule has 3 aromatic rings. The van der Waals surface area contributed by atoms with Crippen molar-refractivity contribution in [2.45, 2.75) is 73.6 Å². The van der Waals surface area contributed by atoms with E-state index in [1.165, 1.54) is 75.6 Å². The molecule has 0 amide bonds.